The number of carbonyl (C=O) groups is 1. The number of carbonyl (C=O) groups excluding carboxylic acids is 1. The molecule has 3 aromatic heterocycles. The molecule has 6 nitrogen and oxygen atoms in total. The zero-order valence-corrected chi connectivity index (χ0v) is 17.4. The first-order valence-corrected chi connectivity index (χ1v) is 10.5. The van der Waals surface area contributed by atoms with Crippen LogP contribution in [0.25, 0.3) is 11.0 Å². The molecule has 32 heavy (non-hydrogen) atoms. The lowest BCUT2D eigenvalue weighted by Crippen LogP contribution is -2.24. The molecule has 0 atom stereocenters. The second kappa shape index (κ2) is 10.1. The monoisotopic (exact) mass is 435 g/mol. The quantitative estimate of drug-likeness (QED) is 0.379. The van der Waals surface area contributed by atoms with E-state index in [9.17, 15) is 13.6 Å². The van der Waals surface area contributed by atoms with Crippen LogP contribution in [0.3, 0.4) is 0 Å². The molecule has 2 N–H and O–H groups in total. The van der Waals surface area contributed by atoms with Gasteiger partial charge in [0, 0.05) is 25.0 Å². The van der Waals surface area contributed by atoms with Crippen LogP contribution in [-0.2, 0) is 19.4 Å². The van der Waals surface area contributed by atoms with Crippen LogP contribution >= 0.6 is 0 Å². The number of fused-ring (bicyclic) bond motifs is 1. The smallest absolute Gasteiger partial charge is 0.253 e. The first kappa shape index (κ1) is 21.5. The normalized spacial score (nSPS) is 11.1. The summed E-state index contributed by atoms with van der Waals surface area (Å²) in [4.78, 5) is 28.1. The van der Waals surface area contributed by atoms with Gasteiger partial charge in [-0.25, -0.2) is 13.8 Å². The number of amides is 1. The predicted octanol–water partition coefficient (Wildman–Crippen LogP) is 4.52. The number of aromatic nitrogens is 4. The van der Waals surface area contributed by atoms with Gasteiger partial charge in [-0.15, -0.1) is 0 Å². The molecule has 0 aliphatic rings. The SMILES string of the molecule is O=C(NCc1ncccc1F)c1cncc(CCCCCc2nc3ccc(F)cc3[nH]2)c1. The number of hydrogen-bond donors (Lipinski definition) is 2. The zero-order chi connectivity index (χ0) is 22.3. The molecular formula is C24H23F2N5O. The van der Waals surface area contributed by atoms with Crippen molar-refractivity contribution in [3.05, 3.63) is 89.3 Å². The molecule has 8 heteroatoms. The highest BCUT2D eigenvalue weighted by Crippen LogP contribution is 2.15. The third-order valence-corrected chi connectivity index (χ3v) is 5.18. The van der Waals surface area contributed by atoms with Crippen molar-refractivity contribution in [2.75, 3.05) is 0 Å². The summed E-state index contributed by atoms with van der Waals surface area (Å²) in [5.74, 6) is -0.184. The van der Waals surface area contributed by atoms with Crippen LogP contribution in [-0.4, -0.2) is 25.8 Å². The van der Waals surface area contributed by atoms with E-state index in [4.69, 9.17) is 0 Å². The fourth-order valence-electron chi connectivity index (χ4n) is 3.51. The maximum atomic E-state index is 13.6. The Morgan fingerprint density at radius 2 is 1.91 bits per heavy atom. The maximum Gasteiger partial charge on any atom is 0.253 e. The number of halogens is 2. The summed E-state index contributed by atoms with van der Waals surface area (Å²) >= 11 is 0. The summed E-state index contributed by atoms with van der Waals surface area (Å²) in [5, 5.41) is 2.68. The number of H-pyrrole nitrogens is 1. The second-order valence-corrected chi connectivity index (χ2v) is 7.60. The number of rotatable bonds is 9. The summed E-state index contributed by atoms with van der Waals surface area (Å²) in [7, 11) is 0. The van der Waals surface area contributed by atoms with Crippen LogP contribution in [0.2, 0.25) is 0 Å². The molecule has 0 radical (unpaired) electrons. The third-order valence-electron chi connectivity index (χ3n) is 5.18. The molecule has 0 aliphatic heterocycles. The van der Waals surface area contributed by atoms with Crippen molar-refractivity contribution in [1.82, 2.24) is 25.3 Å². The number of imidazole rings is 1. The molecule has 4 rings (SSSR count). The highest BCUT2D eigenvalue weighted by Gasteiger charge is 2.09. The van der Waals surface area contributed by atoms with Gasteiger partial charge in [-0.2, -0.15) is 0 Å². The largest absolute Gasteiger partial charge is 0.346 e. The molecule has 0 saturated carbocycles. The first-order chi connectivity index (χ1) is 15.6. The summed E-state index contributed by atoms with van der Waals surface area (Å²) in [5.41, 5.74) is 3.09. The van der Waals surface area contributed by atoms with Crippen LogP contribution in [0.15, 0.2) is 55.0 Å². The van der Waals surface area contributed by atoms with Gasteiger partial charge in [0.25, 0.3) is 5.91 Å². The number of benzene rings is 1. The van der Waals surface area contributed by atoms with E-state index in [0.29, 0.717) is 11.1 Å². The average Bonchev–Trinajstić information content (AvgIpc) is 3.20. The Labute approximate surface area is 184 Å². The Kier molecular flexibility index (Phi) is 6.79. The highest BCUT2D eigenvalue weighted by molar-refractivity contribution is 5.93. The Morgan fingerprint density at radius 3 is 2.78 bits per heavy atom. The molecule has 1 aromatic carbocycles. The molecule has 0 aliphatic carbocycles. The van der Waals surface area contributed by atoms with E-state index in [-0.39, 0.29) is 24.0 Å². The number of nitrogens with one attached hydrogen (secondary N) is 2. The molecule has 164 valence electrons. The summed E-state index contributed by atoms with van der Waals surface area (Å²) in [6.45, 7) is 0.0180. The van der Waals surface area contributed by atoms with Crippen molar-refractivity contribution in [3.8, 4) is 0 Å². The Morgan fingerprint density at radius 1 is 1.03 bits per heavy atom. The van der Waals surface area contributed by atoms with Crippen molar-refractivity contribution < 1.29 is 13.6 Å². The van der Waals surface area contributed by atoms with Gasteiger partial charge in [-0.05, 0) is 61.2 Å². The van der Waals surface area contributed by atoms with Gasteiger partial charge in [0.15, 0.2) is 0 Å². The van der Waals surface area contributed by atoms with E-state index in [1.54, 1.807) is 12.3 Å². The molecule has 1 amide bonds. The van der Waals surface area contributed by atoms with Gasteiger partial charge >= 0.3 is 0 Å². The number of unbranched alkanes of at least 4 members (excludes halogenated alkanes) is 2. The van der Waals surface area contributed by atoms with E-state index >= 15 is 0 Å². The molecule has 0 unspecified atom stereocenters. The van der Waals surface area contributed by atoms with Gasteiger partial charge in [0.05, 0.1) is 28.8 Å². The number of pyridine rings is 2. The lowest BCUT2D eigenvalue weighted by atomic mass is 10.1. The highest BCUT2D eigenvalue weighted by atomic mass is 19.1. The van der Waals surface area contributed by atoms with Gasteiger partial charge in [-0.3, -0.25) is 14.8 Å². The first-order valence-electron chi connectivity index (χ1n) is 10.5. The predicted molar refractivity (Wildman–Crippen MR) is 117 cm³/mol. The fraction of sp³-hybridized carbons (Fsp3) is 0.250. The van der Waals surface area contributed by atoms with Crippen molar-refractivity contribution in [2.45, 2.75) is 38.6 Å². The Hall–Kier alpha value is -3.68. The number of hydrogen-bond acceptors (Lipinski definition) is 4. The molecule has 0 spiro atoms. The van der Waals surface area contributed by atoms with Gasteiger partial charge in [0.2, 0.25) is 0 Å². The van der Waals surface area contributed by atoms with E-state index in [2.05, 4.69) is 25.3 Å². The summed E-state index contributed by atoms with van der Waals surface area (Å²) in [6.07, 6.45) is 9.21. The lowest BCUT2D eigenvalue weighted by Gasteiger charge is -2.07. The van der Waals surface area contributed by atoms with Gasteiger partial charge in [-0.1, -0.05) is 6.42 Å². The molecular weight excluding hydrogens is 412 g/mol. The lowest BCUT2D eigenvalue weighted by molar-refractivity contribution is 0.0949. The van der Waals surface area contributed by atoms with Crippen LogP contribution in [0.1, 0.15) is 46.7 Å². The number of nitrogens with zero attached hydrogens (tertiary/aromatic N) is 3. The van der Waals surface area contributed by atoms with E-state index in [1.165, 1.54) is 36.7 Å². The van der Waals surface area contributed by atoms with E-state index in [1.807, 2.05) is 6.07 Å². The van der Waals surface area contributed by atoms with Crippen LogP contribution in [0, 0.1) is 11.6 Å². The van der Waals surface area contributed by atoms with Crippen LogP contribution < -0.4 is 5.32 Å². The van der Waals surface area contributed by atoms with E-state index in [0.717, 1.165) is 49.0 Å². The standard InChI is InChI=1S/C24H23F2N5O/c25-18-8-9-20-21(12-18)31-23(30-20)7-3-1-2-5-16-11-17(14-27-13-16)24(32)29-15-22-19(26)6-4-10-28-22/h4,6,8-14H,1-3,5,7,15H2,(H,29,32)(H,30,31). The van der Waals surface area contributed by atoms with Gasteiger partial charge < -0.3 is 10.3 Å². The van der Waals surface area contributed by atoms with Crippen molar-refractivity contribution in [3.63, 3.8) is 0 Å². The second-order valence-electron chi connectivity index (χ2n) is 7.60. The van der Waals surface area contributed by atoms with E-state index < -0.39 is 5.82 Å². The van der Waals surface area contributed by atoms with Crippen molar-refractivity contribution >= 4 is 16.9 Å². The molecule has 0 saturated heterocycles. The average molecular weight is 435 g/mol. The van der Waals surface area contributed by atoms with Crippen LogP contribution in [0.4, 0.5) is 8.78 Å². The summed E-state index contributed by atoms with van der Waals surface area (Å²) in [6, 6.07) is 9.16. The molecule has 3 heterocycles. The summed E-state index contributed by atoms with van der Waals surface area (Å²) < 4.78 is 26.9. The minimum atomic E-state index is -0.450. The molecule has 0 bridgehead atoms. The minimum absolute atomic E-state index is 0.0180. The number of aryl methyl sites for hydroxylation is 2. The third kappa shape index (κ3) is 5.51. The van der Waals surface area contributed by atoms with Gasteiger partial charge in [0.1, 0.15) is 17.5 Å². The molecule has 0 fully saturated rings. The zero-order valence-electron chi connectivity index (χ0n) is 17.4. The number of aromatic amines is 1. The topological polar surface area (TPSA) is 83.6 Å². The maximum absolute atomic E-state index is 13.6. The Balaban J connectivity index is 1.23. The van der Waals surface area contributed by atoms with Crippen LogP contribution in [0.5, 0.6) is 0 Å². The fourth-order valence-corrected chi connectivity index (χ4v) is 3.51. The Bertz CT molecular complexity index is 1220. The minimum Gasteiger partial charge on any atom is -0.346 e. The van der Waals surface area contributed by atoms with Crippen molar-refractivity contribution in [2.24, 2.45) is 0 Å². The molecule has 4 aromatic rings. The van der Waals surface area contributed by atoms with Crippen molar-refractivity contribution in [1.29, 1.82) is 0 Å².